The molecule has 0 unspecified atom stereocenters. The SMILES string of the molecule is O=C(c1ccccc1Oc1ccccc1)N1CCN(c2ccc(C3CC3)nn2)CC1. The number of aromatic nitrogens is 2. The molecule has 6 heteroatoms. The number of rotatable bonds is 5. The summed E-state index contributed by atoms with van der Waals surface area (Å²) >= 11 is 0. The topological polar surface area (TPSA) is 58.6 Å². The Kier molecular flexibility index (Phi) is 5.05. The lowest BCUT2D eigenvalue weighted by Gasteiger charge is -2.35. The molecule has 1 amide bonds. The van der Waals surface area contributed by atoms with E-state index < -0.39 is 0 Å². The monoisotopic (exact) mass is 400 g/mol. The Bertz CT molecular complexity index is 1010. The maximum atomic E-state index is 13.2. The summed E-state index contributed by atoms with van der Waals surface area (Å²) in [7, 11) is 0. The van der Waals surface area contributed by atoms with Crippen LogP contribution in [-0.2, 0) is 0 Å². The van der Waals surface area contributed by atoms with Crippen molar-refractivity contribution in [3.63, 3.8) is 0 Å². The molecule has 152 valence electrons. The molecule has 2 heterocycles. The molecule has 0 spiro atoms. The van der Waals surface area contributed by atoms with Crippen molar-refractivity contribution in [2.75, 3.05) is 31.1 Å². The number of nitrogens with zero attached hydrogens (tertiary/aromatic N) is 4. The molecule has 2 aliphatic rings. The number of amides is 1. The minimum atomic E-state index is -0.00338. The maximum absolute atomic E-state index is 13.2. The smallest absolute Gasteiger partial charge is 0.257 e. The average molecular weight is 400 g/mol. The molecule has 1 saturated carbocycles. The van der Waals surface area contributed by atoms with E-state index in [1.54, 1.807) is 0 Å². The van der Waals surface area contributed by atoms with E-state index in [1.807, 2.05) is 59.5 Å². The summed E-state index contributed by atoms with van der Waals surface area (Å²) in [6.45, 7) is 2.77. The van der Waals surface area contributed by atoms with Gasteiger partial charge in [-0.15, -0.1) is 5.10 Å². The van der Waals surface area contributed by atoms with Gasteiger partial charge in [-0.25, -0.2) is 0 Å². The molecule has 1 saturated heterocycles. The average Bonchev–Trinajstić information content (AvgIpc) is 3.66. The van der Waals surface area contributed by atoms with Gasteiger partial charge in [0.05, 0.1) is 11.3 Å². The Morgan fingerprint density at radius 1 is 0.833 bits per heavy atom. The Morgan fingerprint density at radius 2 is 1.57 bits per heavy atom. The van der Waals surface area contributed by atoms with Gasteiger partial charge in [0.15, 0.2) is 5.82 Å². The van der Waals surface area contributed by atoms with Gasteiger partial charge in [-0.1, -0.05) is 30.3 Å². The lowest BCUT2D eigenvalue weighted by molar-refractivity contribution is 0.0744. The molecular weight excluding hydrogens is 376 g/mol. The molecule has 30 heavy (non-hydrogen) atoms. The van der Waals surface area contributed by atoms with E-state index in [0.717, 1.165) is 30.4 Å². The number of ether oxygens (including phenoxy) is 1. The van der Waals surface area contributed by atoms with Crippen LogP contribution in [0.5, 0.6) is 11.5 Å². The molecule has 0 bridgehead atoms. The van der Waals surface area contributed by atoms with Crippen molar-refractivity contribution in [1.82, 2.24) is 15.1 Å². The van der Waals surface area contributed by atoms with E-state index in [2.05, 4.69) is 27.2 Å². The van der Waals surface area contributed by atoms with Crippen molar-refractivity contribution in [2.24, 2.45) is 0 Å². The highest BCUT2D eigenvalue weighted by Crippen LogP contribution is 2.38. The van der Waals surface area contributed by atoms with Gasteiger partial charge in [-0.3, -0.25) is 4.79 Å². The van der Waals surface area contributed by atoms with Gasteiger partial charge < -0.3 is 14.5 Å². The summed E-state index contributed by atoms with van der Waals surface area (Å²) in [5, 5.41) is 8.79. The first-order valence-electron chi connectivity index (χ1n) is 10.5. The van der Waals surface area contributed by atoms with Crippen LogP contribution in [0.2, 0.25) is 0 Å². The van der Waals surface area contributed by atoms with Gasteiger partial charge >= 0.3 is 0 Å². The van der Waals surface area contributed by atoms with E-state index >= 15 is 0 Å². The van der Waals surface area contributed by atoms with Crippen LogP contribution >= 0.6 is 0 Å². The number of carbonyl (C=O) groups excluding carboxylic acids is 1. The molecule has 1 aliphatic heterocycles. The second-order valence-electron chi connectivity index (χ2n) is 7.78. The lowest BCUT2D eigenvalue weighted by Crippen LogP contribution is -2.49. The summed E-state index contributed by atoms with van der Waals surface area (Å²) in [5.74, 6) is 2.79. The fourth-order valence-electron chi connectivity index (χ4n) is 3.76. The first-order valence-corrected chi connectivity index (χ1v) is 10.5. The molecule has 6 nitrogen and oxygen atoms in total. The molecule has 3 aromatic rings. The summed E-state index contributed by atoms with van der Waals surface area (Å²) < 4.78 is 5.97. The number of piperazine rings is 1. The number of anilines is 1. The molecule has 1 aliphatic carbocycles. The highest BCUT2D eigenvalue weighted by Gasteiger charge is 2.27. The number of benzene rings is 2. The van der Waals surface area contributed by atoms with Crippen LogP contribution in [-0.4, -0.2) is 47.2 Å². The third-order valence-electron chi connectivity index (χ3n) is 5.65. The van der Waals surface area contributed by atoms with Crippen LogP contribution in [0.4, 0.5) is 5.82 Å². The van der Waals surface area contributed by atoms with Crippen molar-refractivity contribution in [2.45, 2.75) is 18.8 Å². The van der Waals surface area contributed by atoms with Crippen molar-refractivity contribution in [3.8, 4) is 11.5 Å². The third-order valence-corrected chi connectivity index (χ3v) is 5.65. The zero-order valence-electron chi connectivity index (χ0n) is 16.8. The Labute approximate surface area is 176 Å². The van der Waals surface area contributed by atoms with Crippen molar-refractivity contribution in [3.05, 3.63) is 78.0 Å². The molecule has 2 fully saturated rings. The van der Waals surface area contributed by atoms with Crippen LogP contribution in [0.1, 0.15) is 34.8 Å². The minimum absolute atomic E-state index is 0.00338. The number of hydrogen-bond acceptors (Lipinski definition) is 5. The van der Waals surface area contributed by atoms with Gasteiger partial charge in [0.1, 0.15) is 11.5 Å². The Morgan fingerprint density at radius 3 is 2.27 bits per heavy atom. The van der Waals surface area contributed by atoms with Gasteiger partial charge in [0.2, 0.25) is 0 Å². The van der Waals surface area contributed by atoms with Crippen LogP contribution in [0.25, 0.3) is 0 Å². The van der Waals surface area contributed by atoms with E-state index in [0.29, 0.717) is 30.3 Å². The van der Waals surface area contributed by atoms with Crippen LogP contribution in [0, 0.1) is 0 Å². The standard InChI is InChI=1S/C24H24N4O2/c29-24(20-8-4-5-9-22(20)30-19-6-2-1-3-7-19)28-16-14-27(15-17-28)23-13-12-21(25-26-23)18-10-11-18/h1-9,12-13,18H,10-11,14-17H2. The lowest BCUT2D eigenvalue weighted by atomic mass is 10.1. The normalized spacial score (nSPS) is 16.4. The summed E-state index contributed by atoms with van der Waals surface area (Å²) in [5.41, 5.74) is 1.69. The predicted molar refractivity (Wildman–Crippen MR) is 115 cm³/mol. The van der Waals surface area contributed by atoms with E-state index in [9.17, 15) is 4.79 Å². The van der Waals surface area contributed by atoms with Crippen LogP contribution in [0.15, 0.2) is 66.7 Å². The number of hydrogen-bond donors (Lipinski definition) is 0. The Balaban J connectivity index is 1.24. The predicted octanol–water partition coefficient (Wildman–Crippen LogP) is 4.11. The highest BCUT2D eigenvalue weighted by molar-refractivity contribution is 5.97. The van der Waals surface area contributed by atoms with E-state index in [-0.39, 0.29) is 5.91 Å². The first kappa shape index (κ1) is 18.6. The second kappa shape index (κ2) is 8.14. The van der Waals surface area contributed by atoms with Crippen molar-refractivity contribution in [1.29, 1.82) is 0 Å². The van der Waals surface area contributed by atoms with Gasteiger partial charge in [0, 0.05) is 32.1 Å². The van der Waals surface area contributed by atoms with Crippen molar-refractivity contribution >= 4 is 11.7 Å². The number of carbonyl (C=O) groups is 1. The quantitative estimate of drug-likeness (QED) is 0.645. The Hall–Kier alpha value is -3.41. The zero-order valence-corrected chi connectivity index (χ0v) is 16.8. The molecule has 0 atom stereocenters. The maximum Gasteiger partial charge on any atom is 0.257 e. The summed E-state index contributed by atoms with van der Waals surface area (Å²) in [6.07, 6.45) is 2.45. The van der Waals surface area contributed by atoms with Gasteiger partial charge in [-0.2, -0.15) is 5.10 Å². The van der Waals surface area contributed by atoms with Crippen molar-refractivity contribution < 1.29 is 9.53 Å². The fourth-order valence-corrected chi connectivity index (χ4v) is 3.76. The molecule has 5 rings (SSSR count). The molecule has 2 aromatic carbocycles. The van der Waals surface area contributed by atoms with Crippen LogP contribution < -0.4 is 9.64 Å². The van der Waals surface area contributed by atoms with E-state index in [4.69, 9.17) is 4.74 Å². The summed E-state index contributed by atoms with van der Waals surface area (Å²) in [4.78, 5) is 17.3. The molecule has 0 N–H and O–H groups in total. The molecular formula is C24H24N4O2. The van der Waals surface area contributed by atoms with Gasteiger partial charge in [-0.05, 0) is 49.2 Å². The van der Waals surface area contributed by atoms with E-state index in [1.165, 1.54) is 12.8 Å². The third kappa shape index (κ3) is 3.99. The summed E-state index contributed by atoms with van der Waals surface area (Å²) in [6, 6.07) is 21.1. The van der Waals surface area contributed by atoms with Gasteiger partial charge in [0.25, 0.3) is 5.91 Å². The highest BCUT2D eigenvalue weighted by atomic mass is 16.5. The zero-order chi connectivity index (χ0) is 20.3. The van der Waals surface area contributed by atoms with Crippen LogP contribution in [0.3, 0.4) is 0 Å². The molecule has 0 radical (unpaired) electrons. The first-order chi connectivity index (χ1) is 14.8. The molecule has 1 aromatic heterocycles. The minimum Gasteiger partial charge on any atom is -0.457 e. The fraction of sp³-hybridized carbons (Fsp3) is 0.292. The number of para-hydroxylation sites is 2. The largest absolute Gasteiger partial charge is 0.457 e. The second-order valence-corrected chi connectivity index (χ2v) is 7.78.